The van der Waals surface area contributed by atoms with E-state index >= 15 is 0 Å². The second kappa shape index (κ2) is 7.35. The smallest absolute Gasteiger partial charge is 0.130 e. The molecule has 1 rings (SSSR count). The summed E-state index contributed by atoms with van der Waals surface area (Å²) in [7, 11) is 0. The van der Waals surface area contributed by atoms with Gasteiger partial charge in [-0.2, -0.15) is 5.26 Å². The number of nitrogens with zero attached hydrogens (tertiary/aromatic N) is 2. The predicted molar refractivity (Wildman–Crippen MR) is 71.9 cm³/mol. The maximum absolute atomic E-state index is 13.8. The molecule has 0 fully saturated rings. The standard InChI is InChI=1S/C14H18ClFN2/c1-3-5-9-18(4-2)13(10-17)14-11(15)7-6-8-12(14)16/h6-8,13H,3-5,9H2,1-2H3. The molecule has 0 saturated carbocycles. The third-order valence-electron chi connectivity index (χ3n) is 2.97. The summed E-state index contributed by atoms with van der Waals surface area (Å²) in [6.45, 7) is 5.53. The number of halogens is 2. The maximum Gasteiger partial charge on any atom is 0.130 e. The van der Waals surface area contributed by atoms with Gasteiger partial charge in [-0.25, -0.2) is 4.39 Å². The highest BCUT2D eigenvalue weighted by molar-refractivity contribution is 6.31. The third kappa shape index (κ3) is 3.44. The molecule has 18 heavy (non-hydrogen) atoms. The molecule has 2 nitrogen and oxygen atoms in total. The van der Waals surface area contributed by atoms with Gasteiger partial charge in [0, 0.05) is 10.6 Å². The first kappa shape index (κ1) is 14.9. The van der Waals surface area contributed by atoms with E-state index in [1.165, 1.54) is 6.07 Å². The van der Waals surface area contributed by atoms with Crippen LogP contribution in [0.5, 0.6) is 0 Å². The van der Waals surface area contributed by atoms with E-state index in [0.29, 0.717) is 17.1 Å². The van der Waals surface area contributed by atoms with Gasteiger partial charge < -0.3 is 0 Å². The lowest BCUT2D eigenvalue weighted by Crippen LogP contribution is -2.29. The minimum atomic E-state index is -0.616. The highest BCUT2D eigenvalue weighted by atomic mass is 35.5. The van der Waals surface area contributed by atoms with Crippen molar-refractivity contribution in [1.29, 1.82) is 5.26 Å². The molecule has 0 spiro atoms. The van der Waals surface area contributed by atoms with Gasteiger partial charge in [0.2, 0.25) is 0 Å². The highest BCUT2D eigenvalue weighted by Gasteiger charge is 2.23. The summed E-state index contributed by atoms with van der Waals surface area (Å²) in [5.74, 6) is -0.413. The van der Waals surface area contributed by atoms with E-state index in [9.17, 15) is 9.65 Å². The molecule has 0 aliphatic rings. The van der Waals surface area contributed by atoms with Gasteiger partial charge in [0.15, 0.2) is 0 Å². The van der Waals surface area contributed by atoms with Crippen molar-refractivity contribution in [2.45, 2.75) is 32.7 Å². The van der Waals surface area contributed by atoms with Gasteiger partial charge in [0.05, 0.1) is 6.07 Å². The normalized spacial score (nSPS) is 12.4. The second-order valence-corrected chi connectivity index (χ2v) is 4.56. The van der Waals surface area contributed by atoms with Gasteiger partial charge in [-0.15, -0.1) is 0 Å². The zero-order chi connectivity index (χ0) is 13.5. The molecular weight excluding hydrogens is 251 g/mol. The molecular formula is C14H18ClFN2. The van der Waals surface area contributed by atoms with E-state index in [0.717, 1.165) is 19.4 Å². The molecule has 0 N–H and O–H groups in total. The Kier molecular flexibility index (Phi) is 6.11. The number of hydrogen-bond acceptors (Lipinski definition) is 2. The van der Waals surface area contributed by atoms with E-state index in [1.54, 1.807) is 12.1 Å². The summed E-state index contributed by atoms with van der Waals surface area (Å²) in [5, 5.41) is 9.63. The van der Waals surface area contributed by atoms with Crippen molar-refractivity contribution < 1.29 is 4.39 Å². The van der Waals surface area contributed by atoms with Gasteiger partial charge in [0.1, 0.15) is 11.9 Å². The molecule has 1 atom stereocenters. The minimum Gasteiger partial charge on any atom is -0.284 e. The van der Waals surface area contributed by atoms with Gasteiger partial charge in [-0.3, -0.25) is 4.90 Å². The fraction of sp³-hybridized carbons (Fsp3) is 0.500. The number of unbranched alkanes of at least 4 members (excludes halogenated alkanes) is 1. The first-order chi connectivity index (χ1) is 8.65. The molecule has 0 heterocycles. The summed E-state index contributed by atoms with van der Waals surface area (Å²) in [5.41, 5.74) is 0.291. The van der Waals surface area contributed by atoms with Crippen LogP contribution in [0.4, 0.5) is 4.39 Å². The Hall–Kier alpha value is -1.11. The number of benzene rings is 1. The van der Waals surface area contributed by atoms with Crippen molar-refractivity contribution in [2.75, 3.05) is 13.1 Å². The SMILES string of the molecule is CCCCN(CC)C(C#N)c1c(F)cccc1Cl. The molecule has 0 radical (unpaired) electrons. The van der Waals surface area contributed by atoms with Crippen molar-refractivity contribution in [3.05, 3.63) is 34.6 Å². The molecule has 0 aliphatic heterocycles. The Labute approximate surface area is 113 Å². The number of rotatable bonds is 6. The zero-order valence-corrected chi connectivity index (χ0v) is 11.5. The molecule has 98 valence electrons. The lowest BCUT2D eigenvalue weighted by Gasteiger charge is -2.26. The van der Waals surface area contributed by atoms with Crippen LogP contribution in [0.25, 0.3) is 0 Å². The van der Waals surface area contributed by atoms with Crippen LogP contribution in [-0.2, 0) is 0 Å². The van der Waals surface area contributed by atoms with Crippen molar-refractivity contribution in [1.82, 2.24) is 4.90 Å². The van der Waals surface area contributed by atoms with Crippen LogP contribution in [0.1, 0.15) is 38.3 Å². The van der Waals surface area contributed by atoms with E-state index in [1.807, 2.05) is 11.8 Å². The molecule has 1 unspecified atom stereocenters. The van der Waals surface area contributed by atoms with E-state index in [2.05, 4.69) is 13.0 Å². The summed E-state index contributed by atoms with van der Waals surface area (Å²) >= 11 is 6.02. The van der Waals surface area contributed by atoms with Crippen LogP contribution in [0.3, 0.4) is 0 Å². The Morgan fingerprint density at radius 3 is 2.67 bits per heavy atom. The molecule has 1 aromatic rings. The molecule has 0 saturated heterocycles. The average Bonchev–Trinajstić information content (AvgIpc) is 2.36. The molecule has 0 bridgehead atoms. The third-order valence-corrected chi connectivity index (χ3v) is 3.30. The lowest BCUT2D eigenvalue weighted by molar-refractivity contribution is 0.241. The molecule has 0 aromatic heterocycles. The largest absolute Gasteiger partial charge is 0.284 e. The van der Waals surface area contributed by atoms with Crippen LogP contribution in [-0.4, -0.2) is 18.0 Å². The topological polar surface area (TPSA) is 27.0 Å². The Morgan fingerprint density at radius 1 is 1.44 bits per heavy atom. The first-order valence-corrected chi connectivity index (χ1v) is 6.61. The van der Waals surface area contributed by atoms with Crippen LogP contribution < -0.4 is 0 Å². The van der Waals surface area contributed by atoms with E-state index < -0.39 is 11.9 Å². The van der Waals surface area contributed by atoms with Gasteiger partial charge in [0.25, 0.3) is 0 Å². The van der Waals surface area contributed by atoms with Crippen molar-refractivity contribution in [3.63, 3.8) is 0 Å². The molecule has 0 amide bonds. The lowest BCUT2D eigenvalue weighted by atomic mass is 10.1. The Morgan fingerprint density at radius 2 is 2.17 bits per heavy atom. The molecule has 0 aliphatic carbocycles. The van der Waals surface area contributed by atoms with E-state index in [4.69, 9.17) is 11.6 Å². The minimum absolute atomic E-state index is 0.291. The van der Waals surface area contributed by atoms with Gasteiger partial charge in [-0.05, 0) is 31.6 Å². The van der Waals surface area contributed by atoms with E-state index in [-0.39, 0.29) is 0 Å². The maximum atomic E-state index is 13.8. The fourth-order valence-corrected chi connectivity index (χ4v) is 2.20. The summed E-state index contributed by atoms with van der Waals surface area (Å²) in [4.78, 5) is 1.95. The van der Waals surface area contributed by atoms with Crippen LogP contribution in [0, 0.1) is 17.1 Å². The van der Waals surface area contributed by atoms with Gasteiger partial charge in [-0.1, -0.05) is 37.9 Å². The first-order valence-electron chi connectivity index (χ1n) is 6.23. The van der Waals surface area contributed by atoms with Gasteiger partial charge >= 0.3 is 0 Å². The van der Waals surface area contributed by atoms with Crippen LogP contribution >= 0.6 is 11.6 Å². The number of nitriles is 1. The predicted octanol–water partition coefficient (Wildman–Crippen LogP) is 4.17. The summed E-state index contributed by atoms with van der Waals surface area (Å²) in [6.07, 6.45) is 2.03. The van der Waals surface area contributed by atoms with Crippen molar-refractivity contribution in [3.8, 4) is 6.07 Å². The quantitative estimate of drug-likeness (QED) is 0.774. The van der Waals surface area contributed by atoms with Crippen molar-refractivity contribution in [2.24, 2.45) is 0 Å². The summed E-state index contributed by atoms with van der Waals surface area (Å²) in [6, 6.07) is 6.07. The zero-order valence-electron chi connectivity index (χ0n) is 10.8. The van der Waals surface area contributed by atoms with Crippen LogP contribution in [0.15, 0.2) is 18.2 Å². The van der Waals surface area contributed by atoms with Crippen LogP contribution in [0.2, 0.25) is 5.02 Å². The monoisotopic (exact) mass is 268 g/mol. The Balaban J connectivity index is 3.05. The highest BCUT2D eigenvalue weighted by Crippen LogP contribution is 2.29. The Bertz CT molecular complexity index is 408. The summed E-state index contributed by atoms with van der Waals surface area (Å²) < 4.78 is 13.8. The average molecular weight is 269 g/mol. The molecule has 4 heteroatoms. The second-order valence-electron chi connectivity index (χ2n) is 4.15. The molecule has 1 aromatic carbocycles. The fourth-order valence-electron chi connectivity index (χ4n) is 1.93. The number of hydrogen-bond donors (Lipinski definition) is 0. The van der Waals surface area contributed by atoms with Crippen molar-refractivity contribution >= 4 is 11.6 Å².